The summed E-state index contributed by atoms with van der Waals surface area (Å²) < 4.78 is 31.9. The van der Waals surface area contributed by atoms with Crippen molar-refractivity contribution in [3.8, 4) is 5.69 Å². The maximum absolute atomic E-state index is 13.1. The van der Waals surface area contributed by atoms with Crippen molar-refractivity contribution in [2.24, 2.45) is 7.05 Å². The molecule has 3 aromatic carbocycles. The van der Waals surface area contributed by atoms with Crippen molar-refractivity contribution in [1.29, 1.82) is 0 Å². The quantitative estimate of drug-likeness (QED) is 0.378. The minimum Gasteiger partial charge on any atom is -0.316 e. The molecule has 0 saturated carbocycles. The van der Waals surface area contributed by atoms with E-state index in [1.807, 2.05) is 38.1 Å². The average Bonchev–Trinajstić information content (AvgIpc) is 3.05. The van der Waals surface area contributed by atoms with E-state index in [1.165, 1.54) is 22.9 Å². The molecule has 0 radical (unpaired) electrons. The van der Waals surface area contributed by atoms with Crippen LogP contribution in [0.2, 0.25) is 5.02 Å². The topological polar surface area (TPSA) is 102 Å². The normalized spacial score (nSPS) is 11.4. The first-order valence-electron chi connectivity index (χ1n) is 11.0. The average molecular weight is 525 g/mol. The molecule has 0 fully saturated rings. The molecule has 0 aliphatic heterocycles. The van der Waals surface area contributed by atoms with Gasteiger partial charge in [-0.05, 0) is 68.3 Å². The number of nitrogens with zero attached hydrogens (tertiary/aromatic N) is 2. The van der Waals surface area contributed by atoms with Crippen molar-refractivity contribution >= 4 is 38.9 Å². The van der Waals surface area contributed by atoms with Crippen molar-refractivity contribution in [3.05, 3.63) is 104 Å². The summed E-state index contributed by atoms with van der Waals surface area (Å²) in [6.07, 6.45) is 0. The van der Waals surface area contributed by atoms with Gasteiger partial charge in [0, 0.05) is 12.6 Å². The van der Waals surface area contributed by atoms with Crippen LogP contribution in [0.3, 0.4) is 0 Å². The highest BCUT2D eigenvalue weighted by atomic mass is 35.5. The molecule has 4 aromatic rings. The van der Waals surface area contributed by atoms with Gasteiger partial charge in [0.15, 0.2) is 0 Å². The lowest BCUT2D eigenvalue weighted by atomic mass is 10.1. The molecular weight excluding hydrogens is 500 g/mol. The molecule has 36 heavy (non-hydrogen) atoms. The summed E-state index contributed by atoms with van der Waals surface area (Å²) in [7, 11) is -2.39. The van der Waals surface area contributed by atoms with Crippen LogP contribution in [0.1, 0.15) is 27.2 Å². The van der Waals surface area contributed by atoms with E-state index in [0.717, 1.165) is 11.1 Å². The van der Waals surface area contributed by atoms with Gasteiger partial charge in [0.25, 0.3) is 21.5 Å². The molecule has 0 unspecified atom stereocenters. The van der Waals surface area contributed by atoms with Crippen molar-refractivity contribution in [1.82, 2.24) is 9.36 Å². The molecule has 1 amide bonds. The fourth-order valence-electron chi connectivity index (χ4n) is 3.81. The van der Waals surface area contributed by atoms with Crippen molar-refractivity contribution in [2.75, 3.05) is 10.0 Å². The third-order valence-electron chi connectivity index (χ3n) is 6.12. The highest BCUT2D eigenvalue weighted by Gasteiger charge is 2.23. The molecule has 0 aliphatic rings. The number of hydrogen-bond donors (Lipinski definition) is 2. The summed E-state index contributed by atoms with van der Waals surface area (Å²) in [4.78, 5) is 26.0. The van der Waals surface area contributed by atoms with Gasteiger partial charge in [-0.2, -0.15) is 0 Å². The number of carbonyl (C=O) groups excluding carboxylic acids is 1. The number of amides is 1. The Morgan fingerprint density at radius 1 is 0.944 bits per heavy atom. The zero-order valence-electron chi connectivity index (χ0n) is 20.2. The predicted octanol–water partition coefficient (Wildman–Crippen LogP) is 4.81. The summed E-state index contributed by atoms with van der Waals surface area (Å²) in [5.74, 6) is -0.638. The Labute approximate surface area is 214 Å². The Kier molecular flexibility index (Phi) is 6.79. The van der Waals surface area contributed by atoms with Crippen LogP contribution in [0.15, 0.2) is 76.4 Å². The van der Waals surface area contributed by atoms with Crippen LogP contribution in [0.25, 0.3) is 5.69 Å². The van der Waals surface area contributed by atoms with E-state index < -0.39 is 21.5 Å². The zero-order chi connectivity index (χ0) is 26.2. The van der Waals surface area contributed by atoms with Gasteiger partial charge in [0.1, 0.15) is 10.6 Å². The van der Waals surface area contributed by atoms with Crippen LogP contribution in [-0.4, -0.2) is 23.7 Å². The summed E-state index contributed by atoms with van der Waals surface area (Å²) in [6.45, 7) is 5.40. The zero-order valence-corrected chi connectivity index (χ0v) is 21.7. The first-order chi connectivity index (χ1) is 17.0. The maximum atomic E-state index is 13.1. The minimum absolute atomic E-state index is 0.0355. The van der Waals surface area contributed by atoms with Crippen molar-refractivity contribution in [3.63, 3.8) is 0 Å². The van der Waals surface area contributed by atoms with Crippen LogP contribution in [0.4, 0.5) is 11.4 Å². The van der Waals surface area contributed by atoms with Gasteiger partial charge in [-0.15, -0.1) is 0 Å². The molecule has 1 heterocycles. The second kappa shape index (κ2) is 9.67. The molecule has 0 aliphatic carbocycles. The lowest BCUT2D eigenvalue weighted by Gasteiger charge is -2.14. The van der Waals surface area contributed by atoms with Gasteiger partial charge < -0.3 is 5.32 Å². The van der Waals surface area contributed by atoms with Gasteiger partial charge in [0.2, 0.25) is 0 Å². The SMILES string of the molecule is Cc1cccc(NS(=O)(=O)c2cc(C(=O)Nc3c(C)n(C)n(-c4ccccc4)c3=O)ccc2Cl)c1C. The third kappa shape index (κ3) is 4.67. The molecule has 0 atom stereocenters. The smallest absolute Gasteiger partial charge is 0.295 e. The Morgan fingerprint density at radius 2 is 1.64 bits per heavy atom. The first-order valence-corrected chi connectivity index (χ1v) is 12.9. The standard InChI is InChI=1S/C26H25ClN4O4S/c1-16-9-8-12-22(17(16)2)29-36(34,35)23-15-19(13-14-21(23)27)25(32)28-24-18(3)30(4)31(26(24)33)20-10-6-5-7-11-20/h5-15,29H,1-4H3,(H,28,32). The van der Waals surface area contributed by atoms with Gasteiger partial charge in [0.05, 0.1) is 22.1 Å². The molecule has 0 bridgehead atoms. The number of aryl methyl sites for hydroxylation is 1. The number of halogens is 1. The largest absolute Gasteiger partial charge is 0.316 e. The van der Waals surface area contributed by atoms with E-state index in [1.54, 1.807) is 42.9 Å². The fraction of sp³-hybridized carbons (Fsp3) is 0.154. The second-order valence-electron chi connectivity index (χ2n) is 8.39. The van der Waals surface area contributed by atoms with Gasteiger partial charge in [-0.3, -0.25) is 19.0 Å². The molecule has 4 rings (SSSR count). The van der Waals surface area contributed by atoms with Gasteiger partial charge >= 0.3 is 0 Å². The summed E-state index contributed by atoms with van der Waals surface area (Å²) in [6, 6.07) is 18.2. The molecule has 0 spiro atoms. The predicted molar refractivity (Wildman–Crippen MR) is 142 cm³/mol. The Balaban J connectivity index is 1.67. The molecule has 186 valence electrons. The maximum Gasteiger partial charge on any atom is 0.295 e. The highest BCUT2D eigenvalue weighted by Crippen LogP contribution is 2.27. The number of nitrogens with one attached hydrogen (secondary N) is 2. The van der Waals surface area contributed by atoms with E-state index in [2.05, 4.69) is 10.0 Å². The van der Waals surface area contributed by atoms with Crippen LogP contribution < -0.4 is 15.6 Å². The van der Waals surface area contributed by atoms with E-state index in [-0.39, 0.29) is 21.2 Å². The van der Waals surface area contributed by atoms with E-state index >= 15 is 0 Å². The highest BCUT2D eigenvalue weighted by molar-refractivity contribution is 7.92. The minimum atomic E-state index is -4.10. The lowest BCUT2D eigenvalue weighted by Crippen LogP contribution is -2.23. The summed E-state index contributed by atoms with van der Waals surface area (Å²) in [5, 5.41) is 2.60. The number of rotatable bonds is 6. The number of anilines is 2. The summed E-state index contributed by atoms with van der Waals surface area (Å²) in [5.41, 5.74) is 3.03. The van der Waals surface area contributed by atoms with Crippen molar-refractivity contribution < 1.29 is 13.2 Å². The monoisotopic (exact) mass is 524 g/mol. The second-order valence-corrected chi connectivity index (χ2v) is 10.4. The van der Waals surface area contributed by atoms with Crippen molar-refractivity contribution in [2.45, 2.75) is 25.7 Å². The molecule has 0 saturated heterocycles. The Bertz CT molecular complexity index is 1640. The van der Waals surface area contributed by atoms with Crippen LogP contribution in [0.5, 0.6) is 0 Å². The Morgan fingerprint density at radius 3 is 2.33 bits per heavy atom. The molecule has 10 heteroatoms. The fourth-order valence-corrected chi connectivity index (χ4v) is 5.46. The number of hydrogen-bond acceptors (Lipinski definition) is 4. The van der Waals surface area contributed by atoms with E-state index in [0.29, 0.717) is 17.1 Å². The first kappa shape index (κ1) is 25.3. The van der Waals surface area contributed by atoms with Gasteiger partial charge in [-0.1, -0.05) is 41.9 Å². The third-order valence-corrected chi connectivity index (χ3v) is 7.97. The number of aromatic nitrogens is 2. The number of para-hydroxylation sites is 1. The molecule has 2 N–H and O–H groups in total. The Hall–Kier alpha value is -3.82. The number of carbonyl (C=O) groups is 1. The van der Waals surface area contributed by atoms with Crippen LogP contribution in [0, 0.1) is 20.8 Å². The molecule has 8 nitrogen and oxygen atoms in total. The summed E-state index contributed by atoms with van der Waals surface area (Å²) >= 11 is 6.22. The van der Waals surface area contributed by atoms with Crippen LogP contribution in [-0.2, 0) is 17.1 Å². The number of benzene rings is 3. The van der Waals surface area contributed by atoms with E-state index in [4.69, 9.17) is 11.6 Å². The molecular formula is C26H25ClN4O4S. The number of sulfonamides is 1. The van der Waals surface area contributed by atoms with Crippen LogP contribution >= 0.6 is 11.6 Å². The lowest BCUT2D eigenvalue weighted by molar-refractivity contribution is 0.102. The van der Waals surface area contributed by atoms with Gasteiger partial charge in [-0.25, -0.2) is 13.1 Å². The van der Waals surface area contributed by atoms with E-state index in [9.17, 15) is 18.0 Å². The molecule has 1 aromatic heterocycles.